The van der Waals surface area contributed by atoms with Crippen molar-refractivity contribution >= 4 is 40.4 Å². The van der Waals surface area contributed by atoms with Gasteiger partial charge < -0.3 is 25.2 Å². The van der Waals surface area contributed by atoms with E-state index in [2.05, 4.69) is 4.99 Å². The van der Waals surface area contributed by atoms with Gasteiger partial charge in [0.2, 0.25) is 11.8 Å². The van der Waals surface area contributed by atoms with Crippen molar-refractivity contribution < 1.29 is 14.3 Å². The van der Waals surface area contributed by atoms with E-state index in [1.54, 1.807) is 0 Å². The number of nitrogens with two attached hydrogens (primary N) is 1. The smallest absolute Gasteiger partial charge is 0.242 e. The molecule has 9 heteroatoms. The van der Waals surface area contributed by atoms with Crippen molar-refractivity contribution in [2.24, 2.45) is 10.7 Å². The van der Waals surface area contributed by atoms with Crippen molar-refractivity contribution in [3.05, 3.63) is 23.8 Å². The van der Waals surface area contributed by atoms with Crippen LogP contribution < -0.4 is 10.5 Å². The summed E-state index contributed by atoms with van der Waals surface area (Å²) < 4.78 is 5.94. The fraction of sp³-hybridized carbons (Fsp3) is 0.654. The number of amides is 2. The molecule has 1 saturated carbocycles. The zero-order chi connectivity index (χ0) is 23.9. The number of hydrogen-bond acceptors (Lipinski definition) is 6. The van der Waals surface area contributed by atoms with Gasteiger partial charge in [0.15, 0.2) is 5.96 Å². The first-order valence-corrected chi connectivity index (χ1v) is 12.9. The number of carbonyl (C=O) groups is 2. The predicted octanol–water partition coefficient (Wildman–Crippen LogP) is 3.99. The van der Waals surface area contributed by atoms with Crippen LogP contribution in [0.15, 0.2) is 23.2 Å². The summed E-state index contributed by atoms with van der Waals surface area (Å²) in [5, 5.41) is 0. The quantitative estimate of drug-likeness (QED) is 0.495. The van der Waals surface area contributed by atoms with Crippen molar-refractivity contribution in [3.8, 4) is 5.75 Å². The van der Waals surface area contributed by atoms with Crippen LogP contribution in [0.2, 0.25) is 0 Å². The predicted molar refractivity (Wildman–Crippen MR) is 143 cm³/mol. The Morgan fingerprint density at radius 1 is 1.11 bits per heavy atom. The zero-order valence-corrected chi connectivity index (χ0v) is 22.6. The van der Waals surface area contributed by atoms with E-state index in [1.165, 1.54) is 25.7 Å². The molecule has 4 rings (SSSR count). The molecule has 1 saturated heterocycles. The Bertz CT molecular complexity index is 897. The summed E-state index contributed by atoms with van der Waals surface area (Å²) in [4.78, 5) is 35.4. The van der Waals surface area contributed by atoms with E-state index in [0.717, 1.165) is 55.8 Å². The third-order valence-electron chi connectivity index (χ3n) is 7.33. The molecule has 0 radical (unpaired) electrons. The van der Waals surface area contributed by atoms with Crippen LogP contribution in [0.5, 0.6) is 5.75 Å². The number of aliphatic imine (C=N–C) groups is 1. The van der Waals surface area contributed by atoms with E-state index in [1.807, 2.05) is 39.9 Å². The van der Waals surface area contributed by atoms with E-state index in [0.29, 0.717) is 38.0 Å². The third kappa shape index (κ3) is 7.35. The van der Waals surface area contributed by atoms with Crippen LogP contribution in [0.25, 0.3) is 0 Å². The van der Waals surface area contributed by atoms with Crippen LogP contribution in [0.3, 0.4) is 0 Å². The van der Waals surface area contributed by atoms with Gasteiger partial charge >= 0.3 is 0 Å². The average Bonchev–Trinajstić information content (AvgIpc) is 2.87. The minimum absolute atomic E-state index is 0. The summed E-state index contributed by atoms with van der Waals surface area (Å²) in [6, 6.07) is 6.17. The summed E-state index contributed by atoms with van der Waals surface area (Å²) in [6.45, 7) is 2.93. The second kappa shape index (κ2) is 13.1. The Labute approximate surface area is 219 Å². The van der Waals surface area contributed by atoms with E-state index >= 15 is 0 Å². The van der Waals surface area contributed by atoms with E-state index in [-0.39, 0.29) is 35.3 Å². The monoisotopic (exact) mass is 549 g/mol. The molecule has 2 amide bonds. The number of nitrogens with zero attached hydrogens (tertiary/aromatic N) is 4. The third-order valence-corrected chi connectivity index (χ3v) is 7.33. The fourth-order valence-corrected chi connectivity index (χ4v) is 5.17. The first-order chi connectivity index (χ1) is 16.5. The molecule has 194 valence electrons. The highest BCUT2D eigenvalue weighted by molar-refractivity contribution is 8.93. The molecule has 2 fully saturated rings. The number of fused-ring (bicyclic) bond motifs is 1. The fourth-order valence-electron chi connectivity index (χ4n) is 5.17. The molecule has 2 heterocycles. The molecule has 35 heavy (non-hydrogen) atoms. The van der Waals surface area contributed by atoms with Gasteiger partial charge in [0, 0.05) is 44.7 Å². The maximum absolute atomic E-state index is 12.7. The second-order valence-electron chi connectivity index (χ2n) is 9.81. The maximum Gasteiger partial charge on any atom is 0.242 e. The van der Waals surface area contributed by atoms with Gasteiger partial charge in [0.1, 0.15) is 12.3 Å². The van der Waals surface area contributed by atoms with Crippen LogP contribution in [-0.2, 0) is 16.1 Å². The molecule has 0 atom stereocenters. The SMILES string of the molecule is Br.CN(C(=O)CCCOc1ccc2c(c1)CN(CC(=O)N1CCCCC1)C(N)=N2)C1CCCCC1. The molecule has 0 aromatic heterocycles. The number of halogens is 1. The lowest BCUT2D eigenvalue weighted by Crippen LogP contribution is -2.47. The maximum atomic E-state index is 12.7. The standard InChI is InChI=1S/C26H39N5O3.BrH/c1-29(21-9-4-2-5-10-21)24(32)11-8-16-34-22-12-13-23-20(17-22)18-31(26(27)28-23)19-25(33)30-14-6-3-7-15-30;/h12-13,17,21H,2-11,14-16,18-19H2,1H3,(H2,27,28);1H. The molecular weight excluding hydrogens is 510 g/mol. The van der Waals surface area contributed by atoms with Gasteiger partial charge in [-0.2, -0.15) is 0 Å². The number of carbonyl (C=O) groups excluding carboxylic acids is 2. The van der Waals surface area contributed by atoms with Crippen LogP contribution in [0.1, 0.15) is 69.8 Å². The molecule has 2 aliphatic heterocycles. The number of guanidine groups is 1. The van der Waals surface area contributed by atoms with Gasteiger partial charge in [-0.25, -0.2) is 4.99 Å². The number of hydrogen-bond donors (Lipinski definition) is 1. The van der Waals surface area contributed by atoms with E-state index in [9.17, 15) is 9.59 Å². The molecule has 1 aliphatic carbocycles. The van der Waals surface area contributed by atoms with Gasteiger partial charge in [-0.1, -0.05) is 19.3 Å². The van der Waals surface area contributed by atoms with Crippen LogP contribution >= 0.6 is 17.0 Å². The molecule has 1 aromatic carbocycles. The molecule has 0 spiro atoms. The van der Waals surface area contributed by atoms with Gasteiger partial charge in [0.05, 0.1) is 12.3 Å². The summed E-state index contributed by atoms with van der Waals surface area (Å²) in [5.74, 6) is 1.45. The Kier molecular flexibility index (Phi) is 10.2. The number of rotatable bonds is 8. The van der Waals surface area contributed by atoms with Crippen molar-refractivity contribution in [3.63, 3.8) is 0 Å². The zero-order valence-electron chi connectivity index (χ0n) is 20.9. The minimum Gasteiger partial charge on any atom is -0.494 e. The molecular formula is C26H40BrN5O3. The highest BCUT2D eigenvalue weighted by Gasteiger charge is 2.24. The second-order valence-corrected chi connectivity index (χ2v) is 9.81. The van der Waals surface area contributed by atoms with Gasteiger partial charge in [-0.05, 0) is 56.7 Å². The summed E-state index contributed by atoms with van der Waals surface area (Å²) in [7, 11) is 1.94. The van der Waals surface area contributed by atoms with Crippen LogP contribution in [0.4, 0.5) is 5.69 Å². The lowest BCUT2D eigenvalue weighted by molar-refractivity contribution is -0.133. The summed E-state index contributed by atoms with van der Waals surface area (Å²) >= 11 is 0. The molecule has 1 aromatic rings. The lowest BCUT2D eigenvalue weighted by atomic mass is 9.94. The summed E-state index contributed by atoms with van der Waals surface area (Å²) in [6.07, 6.45) is 10.5. The molecule has 0 unspecified atom stereocenters. The van der Waals surface area contributed by atoms with Crippen molar-refractivity contribution in [2.45, 2.75) is 76.8 Å². The first-order valence-electron chi connectivity index (χ1n) is 12.9. The Balaban J connectivity index is 0.00000342. The molecule has 3 aliphatic rings. The number of ether oxygens (including phenoxy) is 1. The van der Waals surface area contributed by atoms with Gasteiger partial charge in [-0.3, -0.25) is 9.59 Å². The van der Waals surface area contributed by atoms with E-state index < -0.39 is 0 Å². The minimum atomic E-state index is 0. The number of likely N-dealkylation sites (tertiary alicyclic amines) is 1. The topological polar surface area (TPSA) is 91.5 Å². The van der Waals surface area contributed by atoms with Crippen LogP contribution in [0, 0.1) is 0 Å². The Morgan fingerprint density at radius 2 is 1.83 bits per heavy atom. The largest absolute Gasteiger partial charge is 0.494 e. The van der Waals surface area contributed by atoms with Crippen molar-refractivity contribution in [2.75, 3.05) is 33.3 Å². The summed E-state index contributed by atoms with van der Waals surface area (Å²) in [5.41, 5.74) is 7.96. The Morgan fingerprint density at radius 3 is 2.57 bits per heavy atom. The normalized spacial score (nSPS) is 18.3. The molecule has 8 nitrogen and oxygen atoms in total. The van der Waals surface area contributed by atoms with Crippen molar-refractivity contribution in [1.29, 1.82) is 0 Å². The highest BCUT2D eigenvalue weighted by atomic mass is 79.9. The lowest BCUT2D eigenvalue weighted by Gasteiger charge is -2.32. The first kappa shape index (κ1) is 27.3. The number of piperidine rings is 1. The average molecular weight is 551 g/mol. The van der Waals surface area contributed by atoms with Crippen molar-refractivity contribution in [1.82, 2.24) is 14.7 Å². The molecule has 0 bridgehead atoms. The van der Waals surface area contributed by atoms with Gasteiger partial charge in [0.25, 0.3) is 0 Å². The van der Waals surface area contributed by atoms with E-state index in [4.69, 9.17) is 10.5 Å². The molecule has 2 N–H and O–H groups in total. The highest BCUT2D eigenvalue weighted by Crippen LogP contribution is 2.29. The van der Waals surface area contributed by atoms with Crippen LogP contribution in [-0.4, -0.2) is 71.8 Å². The number of benzene rings is 1. The van der Waals surface area contributed by atoms with Gasteiger partial charge in [-0.15, -0.1) is 17.0 Å². The Hall–Kier alpha value is -2.29.